The Morgan fingerprint density at radius 1 is 1.33 bits per heavy atom. The predicted molar refractivity (Wildman–Crippen MR) is 73.7 cm³/mol. The summed E-state index contributed by atoms with van der Waals surface area (Å²) >= 11 is 0. The minimum Gasteiger partial charge on any atom is -0.325 e. The van der Waals surface area contributed by atoms with Gasteiger partial charge in [-0.15, -0.1) is 0 Å². The van der Waals surface area contributed by atoms with Gasteiger partial charge in [0.25, 0.3) is 0 Å². The predicted octanol–water partition coefficient (Wildman–Crippen LogP) is 1.77. The molecule has 1 aromatic heterocycles. The Bertz CT molecular complexity index is 581. The summed E-state index contributed by atoms with van der Waals surface area (Å²) in [6.07, 6.45) is -1.08. The molecule has 21 heavy (non-hydrogen) atoms. The van der Waals surface area contributed by atoms with Gasteiger partial charge < -0.3 is 10.6 Å². The van der Waals surface area contributed by atoms with Crippen molar-refractivity contribution in [2.75, 3.05) is 5.32 Å². The molecule has 0 aliphatic carbocycles. The number of alkyl halides is 3. The standard InChI is InChI=1S/C12H15F3N6/c1-7(2)12(16)19-6-18-10(21-12)20-9-3-8(4-17-5-9)11(13,14)15/h3-7H,16H2,1-2H3,(H2,18,19,20,21). The van der Waals surface area contributed by atoms with Crippen LogP contribution in [0.25, 0.3) is 0 Å². The lowest BCUT2D eigenvalue weighted by molar-refractivity contribution is -0.137. The van der Waals surface area contributed by atoms with Gasteiger partial charge in [-0.25, -0.2) is 9.98 Å². The van der Waals surface area contributed by atoms with E-state index in [0.717, 1.165) is 12.3 Å². The van der Waals surface area contributed by atoms with E-state index in [1.165, 1.54) is 12.5 Å². The van der Waals surface area contributed by atoms with Crippen molar-refractivity contribution in [3.8, 4) is 0 Å². The highest BCUT2D eigenvalue weighted by atomic mass is 19.4. The number of pyridine rings is 1. The van der Waals surface area contributed by atoms with Crippen molar-refractivity contribution >= 4 is 18.0 Å². The van der Waals surface area contributed by atoms with E-state index in [2.05, 4.69) is 25.6 Å². The molecule has 0 radical (unpaired) electrons. The van der Waals surface area contributed by atoms with Crippen LogP contribution in [0.15, 0.2) is 28.4 Å². The van der Waals surface area contributed by atoms with Crippen molar-refractivity contribution in [2.24, 2.45) is 21.6 Å². The highest BCUT2D eigenvalue weighted by molar-refractivity contribution is 6.01. The van der Waals surface area contributed by atoms with Crippen LogP contribution >= 0.6 is 0 Å². The summed E-state index contributed by atoms with van der Waals surface area (Å²) in [7, 11) is 0. The molecule has 1 unspecified atom stereocenters. The molecule has 0 amide bonds. The average molecular weight is 300 g/mol. The summed E-state index contributed by atoms with van der Waals surface area (Å²) in [6, 6.07) is 0.941. The molecule has 0 fully saturated rings. The molecule has 1 aromatic rings. The van der Waals surface area contributed by atoms with Crippen molar-refractivity contribution in [3.05, 3.63) is 24.0 Å². The minimum absolute atomic E-state index is 0.0766. The Labute approximate surface area is 119 Å². The van der Waals surface area contributed by atoms with Crippen LogP contribution in [-0.2, 0) is 6.18 Å². The number of rotatable bonds is 2. The Morgan fingerprint density at radius 2 is 2.05 bits per heavy atom. The van der Waals surface area contributed by atoms with Crippen LogP contribution in [0.1, 0.15) is 19.4 Å². The molecular formula is C12H15F3N6. The fourth-order valence-corrected chi connectivity index (χ4v) is 1.58. The fourth-order valence-electron chi connectivity index (χ4n) is 1.58. The van der Waals surface area contributed by atoms with Crippen molar-refractivity contribution in [3.63, 3.8) is 0 Å². The number of anilines is 1. The molecule has 0 saturated heterocycles. The third-order valence-electron chi connectivity index (χ3n) is 2.94. The van der Waals surface area contributed by atoms with Gasteiger partial charge in [-0.3, -0.25) is 10.7 Å². The molecule has 1 atom stereocenters. The maximum atomic E-state index is 12.6. The molecule has 2 heterocycles. The van der Waals surface area contributed by atoms with Gasteiger partial charge in [-0.2, -0.15) is 13.2 Å². The van der Waals surface area contributed by atoms with Gasteiger partial charge >= 0.3 is 6.18 Å². The SMILES string of the molecule is CC(C)C1(N)N=CNC(Nc2cncc(C(F)(F)F)c2)=N1. The molecule has 0 saturated carbocycles. The molecular weight excluding hydrogens is 285 g/mol. The van der Waals surface area contributed by atoms with E-state index in [0.29, 0.717) is 0 Å². The van der Waals surface area contributed by atoms with Crippen LogP contribution in [0, 0.1) is 5.92 Å². The van der Waals surface area contributed by atoms with E-state index < -0.39 is 17.5 Å². The maximum absolute atomic E-state index is 12.6. The van der Waals surface area contributed by atoms with Crippen LogP contribution in [0.2, 0.25) is 0 Å². The first kappa shape index (κ1) is 15.2. The van der Waals surface area contributed by atoms with Gasteiger partial charge in [0.05, 0.1) is 23.8 Å². The summed E-state index contributed by atoms with van der Waals surface area (Å²) in [6.45, 7) is 3.69. The first-order chi connectivity index (χ1) is 9.71. The topological polar surface area (TPSA) is 87.7 Å². The quantitative estimate of drug-likeness (QED) is 0.776. The van der Waals surface area contributed by atoms with E-state index in [4.69, 9.17) is 5.73 Å². The second-order valence-corrected chi connectivity index (χ2v) is 4.89. The molecule has 2 rings (SSSR count). The molecule has 4 N–H and O–H groups in total. The van der Waals surface area contributed by atoms with Gasteiger partial charge in [0.1, 0.15) is 0 Å². The Hall–Kier alpha value is -2.16. The molecule has 1 aliphatic rings. The Balaban J connectivity index is 2.21. The third kappa shape index (κ3) is 3.48. The van der Waals surface area contributed by atoms with E-state index >= 15 is 0 Å². The molecule has 1 aliphatic heterocycles. The van der Waals surface area contributed by atoms with Gasteiger partial charge in [-0.1, -0.05) is 13.8 Å². The van der Waals surface area contributed by atoms with Crippen molar-refractivity contribution in [1.29, 1.82) is 0 Å². The van der Waals surface area contributed by atoms with E-state index in [9.17, 15) is 13.2 Å². The second-order valence-electron chi connectivity index (χ2n) is 4.89. The maximum Gasteiger partial charge on any atom is 0.417 e. The zero-order valence-corrected chi connectivity index (χ0v) is 11.4. The zero-order valence-electron chi connectivity index (χ0n) is 11.4. The number of aromatic nitrogens is 1. The lowest BCUT2D eigenvalue weighted by atomic mass is 10.1. The monoisotopic (exact) mass is 300 g/mol. The van der Waals surface area contributed by atoms with Crippen molar-refractivity contribution in [1.82, 2.24) is 10.3 Å². The number of hydrogen-bond donors (Lipinski definition) is 3. The van der Waals surface area contributed by atoms with Crippen LogP contribution in [-0.4, -0.2) is 23.1 Å². The lowest BCUT2D eigenvalue weighted by Crippen LogP contribution is -2.49. The number of aliphatic imine (C=N–C) groups is 2. The number of halogens is 3. The Kier molecular flexibility index (Phi) is 3.86. The fraction of sp³-hybridized carbons (Fsp3) is 0.417. The minimum atomic E-state index is -4.45. The highest BCUT2D eigenvalue weighted by Gasteiger charge is 2.32. The second kappa shape index (κ2) is 5.32. The largest absolute Gasteiger partial charge is 0.417 e. The lowest BCUT2D eigenvalue weighted by Gasteiger charge is -2.28. The highest BCUT2D eigenvalue weighted by Crippen LogP contribution is 2.30. The molecule has 6 nitrogen and oxygen atoms in total. The van der Waals surface area contributed by atoms with Crippen LogP contribution < -0.4 is 16.4 Å². The average Bonchev–Trinajstić information content (AvgIpc) is 2.38. The smallest absolute Gasteiger partial charge is 0.325 e. The van der Waals surface area contributed by atoms with E-state index in [-0.39, 0.29) is 17.6 Å². The molecule has 0 aromatic carbocycles. The number of hydrogen-bond acceptors (Lipinski definition) is 6. The normalized spacial score (nSPS) is 22.0. The van der Waals surface area contributed by atoms with Crippen LogP contribution in [0.3, 0.4) is 0 Å². The molecule has 0 spiro atoms. The first-order valence-electron chi connectivity index (χ1n) is 6.19. The zero-order chi connectivity index (χ0) is 15.7. The number of nitrogens with zero attached hydrogens (tertiary/aromatic N) is 3. The van der Waals surface area contributed by atoms with Crippen LogP contribution in [0.4, 0.5) is 18.9 Å². The van der Waals surface area contributed by atoms with Gasteiger partial charge in [0.15, 0.2) is 0 Å². The van der Waals surface area contributed by atoms with E-state index in [1.54, 1.807) is 0 Å². The molecule has 114 valence electrons. The summed E-state index contributed by atoms with van der Waals surface area (Å²) < 4.78 is 37.9. The van der Waals surface area contributed by atoms with Gasteiger partial charge in [0.2, 0.25) is 11.7 Å². The summed E-state index contributed by atoms with van der Waals surface area (Å²) in [5.74, 6) is -1.02. The summed E-state index contributed by atoms with van der Waals surface area (Å²) in [5, 5.41) is 5.40. The first-order valence-corrected chi connectivity index (χ1v) is 6.19. The van der Waals surface area contributed by atoms with E-state index in [1.807, 2.05) is 13.8 Å². The number of guanidine groups is 1. The van der Waals surface area contributed by atoms with Crippen LogP contribution in [0.5, 0.6) is 0 Å². The summed E-state index contributed by atoms with van der Waals surface area (Å²) in [5.41, 5.74) is 5.29. The van der Waals surface area contributed by atoms with Gasteiger partial charge in [-0.05, 0) is 6.07 Å². The third-order valence-corrected chi connectivity index (χ3v) is 2.94. The summed E-state index contributed by atoms with van der Waals surface area (Å²) in [4.78, 5) is 11.8. The van der Waals surface area contributed by atoms with Crippen molar-refractivity contribution < 1.29 is 13.2 Å². The van der Waals surface area contributed by atoms with Gasteiger partial charge in [0, 0.05) is 12.1 Å². The molecule has 9 heteroatoms. The number of nitrogens with one attached hydrogen (secondary N) is 2. The number of nitrogens with two attached hydrogens (primary N) is 1. The Morgan fingerprint density at radius 3 is 2.67 bits per heavy atom. The van der Waals surface area contributed by atoms with Crippen molar-refractivity contribution in [2.45, 2.75) is 25.8 Å². The molecule has 0 bridgehead atoms.